The highest BCUT2D eigenvalue weighted by Crippen LogP contribution is 2.25. The van der Waals surface area contributed by atoms with Gasteiger partial charge in [-0.25, -0.2) is 9.07 Å². The van der Waals surface area contributed by atoms with Crippen LogP contribution in [-0.4, -0.2) is 44.5 Å². The Bertz CT molecular complexity index is 1510. The van der Waals surface area contributed by atoms with Gasteiger partial charge in [0.15, 0.2) is 0 Å². The number of hydrogen-bond donors (Lipinski definition) is 1. The Morgan fingerprint density at radius 1 is 1.05 bits per heavy atom. The first-order valence-electron chi connectivity index (χ1n) is 12.6. The number of carbonyl (C=O) groups excluding carboxylic acids is 2. The van der Waals surface area contributed by atoms with Crippen LogP contribution in [0.15, 0.2) is 91.0 Å². The highest BCUT2D eigenvalue weighted by Gasteiger charge is 2.19. The lowest BCUT2D eigenvalue weighted by molar-refractivity contribution is -0.384. The summed E-state index contributed by atoms with van der Waals surface area (Å²) in [5.41, 5.74) is 2.58. The average molecular weight is 542 g/mol. The van der Waals surface area contributed by atoms with Gasteiger partial charge in [0.1, 0.15) is 18.2 Å². The van der Waals surface area contributed by atoms with E-state index in [0.29, 0.717) is 29.3 Å². The zero-order valence-corrected chi connectivity index (χ0v) is 22.0. The zero-order chi connectivity index (χ0) is 28.6. The molecule has 1 aromatic heterocycles. The third-order valence-electron chi connectivity index (χ3n) is 5.87. The molecule has 0 unspecified atom stereocenters. The quantitative estimate of drug-likeness (QED) is 0.157. The maximum atomic E-state index is 13.6. The summed E-state index contributed by atoms with van der Waals surface area (Å²) >= 11 is 0. The van der Waals surface area contributed by atoms with Gasteiger partial charge in [-0.15, -0.1) is 0 Å². The summed E-state index contributed by atoms with van der Waals surface area (Å²) in [6, 6.07) is 22.7. The van der Waals surface area contributed by atoms with Crippen LogP contribution in [0.3, 0.4) is 0 Å². The fourth-order valence-corrected chi connectivity index (χ4v) is 4.01. The van der Waals surface area contributed by atoms with Crippen molar-refractivity contribution in [3.8, 4) is 16.9 Å². The first kappa shape index (κ1) is 27.9. The molecule has 40 heavy (non-hydrogen) atoms. The van der Waals surface area contributed by atoms with Crippen LogP contribution in [0.4, 0.5) is 15.9 Å². The summed E-state index contributed by atoms with van der Waals surface area (Å²) in [4.78, 5) is 38.0. The number of hydrogen-bond acceptors (Lipinski definition) is 5. The Balaban J connectivity index is 1.53. The number of anilines is 1. The number of nitrogens with zero attached hydrogens (tertiary/aromatic N) is 4. The van der Waals surface area contributed by atoms with Crippen molar-refractivity contribution in [3.63, 3.8) is 0 Å². The first-order valence-corrected chi connectivity index (χ1v) is 12.6. The van der Waals surface area contributed by atoms with Crippen molar-refractivity contribution >= 4 is 29.4 Å². The number of nitro benzene ring substituents is 1. The predicted octanol–water partition coefficient (Wildman–Crippen LogP) is 5.72. The lowest BCUT2D eigenvalue weighted by atomic mass is 10.1. The topological polar surface area (TPSA) is 110 Å². The maximum absolute atomic E-state index is 13.6. The molecule has 0 atom stereocenters. The molecule has 0 aliphatic carbocycles. The van der Waals surface area contributed by atoms with Crippen LogP contribution in [0.1, 0.15) is 19.4 Å². The van der Waals surface area contributed by atoms with Crippen LogP contribution >= 0.6 is 0 Å². The summed E-state index contributed by atoms with van der Waals surface area (Å²) in [6.45, 7) is 4.00. The van der Waals surface area contributed by atoms with Crippen LogP contribution in [-0.2, 0) is 9.59 Å². The van der Waals surface area contributed by atoms with Crippen LogP contribution in [0.25, 0.3) is 23.0 Å². The number of rotatable bonds is 10. The van der Waals surface area contributed by atoms with Crippen molar-refractivity contribution in [1.29, 1.82) is 0 Å². The third-order valence-corrected chi connectivity index (χ3v) is 5.87. The third kappa shape index (κ3) is 7.25. The van der Waals surface area contributed by atoms with E-state index < -0.39 is 16.6 Å². The van der Waals surface area contributed by atoms with Gasteiger partial charge in [-0.05, 0) is 54.0 Å². The molecule has 9 nitrogen and oxygen atoms in total. The van der Waals surface area contributed by atoms with Gasteiger partial charge < -0.3 is 10.2 Å². The van der Waals surface area contributed by atoms with Crippen molar-refractivity contribution in [1.82, 2.24) is 14.7 Å². The molecule has 204 valence electrons. The normalized spacial score (nSPS) is 11.1. The number of nitrogens with one attached hydrogen (secondary N) is 1. The molecule has 1 N–H and O–H groups in total. The van der Waals surface area contributed by atoms with E-state index in [1.807, 2.05) is 44.2 Å². The lowest BCUT2D eigenvalue weighted by Gasteiger charge is -2.23. The second-order valence-corrected chi connectivity index (χ2v) is 9.51. The SMILES string of the molecule is CC(C)CN(CC(=O)Nc1cc(-c2ccccc2)nn1-c1ccc(F)cc1)C(=O)C=Cc1ccc([N+](=O)[O-])cc1. The summed E-state index contributed by atoms with van der Waals surface area (Å²) in [6.07, 6.45) is 2.89. The summed E-state index contributed by atoms with van der Waals surface area (Å²) in [5.74, 6) is -0.734. The first-order chi connectivity index (χ1) is 19.2. The van der Waals surface area contributed by atoms with Gasteiger partial charge in [0.2, 0.25) is 11.8 Å². The van der Waals surface area contributed by atoms with Crippen molar-refractivity contribution < 1.29 is 18.9 Å². The van der Waals surface area contributed by atoms with Gasteiger partial charge >= 0.3 is 0 Å². The fraction of sp³-hybridized carbons (Fsp3) is 0.167. The van der Waals surface area contributed by atoms with Crippen LogP contribution in [0.5, 0.6) is 0 Å². The monoisotopic (exact) mass is 541 g/mol. The molecule has 0 aliphatic rings. The van der Waals surface area contributed by atoms with Gasteiger partial charge in [0.05, 0.1) is 16.3 Å². The van der Waals surface area contributed by atoms with E-state index in [-0.39, 0.29) is 24.1 Å². The molecule has 0 fully saturated rings. The van der Waals surface area contributed by atoms with Crippen LogP contribution in [0, 0.1) is 21.8 Å². The molecule has 1 heterocycles. The van der Waals surface area contributed by atoms with Gasteiger partial charge in [0.25, 0.3) is 5.69 Å². The molecule has 0 spiro atoms. The standard InChI is InChI=1S/C30H28FN5O4/c1-21(2)19-34(30(38)17-10-22-8-13-26(14-9-22)36(39)40)20-29(37)32-28-18-27(23-6-4-3-5-7-23)33-35(28)25-15-11-24(31)12-16-25/h3-18,21H,19-20H2,1-2H3,(H,32,37). The average Bonchev–Trinajstić information content (AvgIpc) is 3.35. The molecule has 0 bridgehead atoms. The van der Waals surface area contributed by atoms with Gasteiger partial charge in [-0.3, -0.25) is 19.7 Å². The molecule has 0 saturated heterocycles. The molecule has 0 saturated carbocycles. The fourth-order valence-electron chi connectivity index (χ4n) is 4.01. The van der Waals surface area contributed by atoms with E-state index in [2.05, 4.69) is 10.4 Å². The molecule has 4 aromatic rings. The second kappa shape index (κ2) is 12.6. The smallest absolute Gasteiger partial charge is 0.269 e. The molecule has 3 aromatic carbocycles. The number of non-ortho nitro benzene ring substituents is 1. The summed E-state index contributed by atoms with van der Waals surface area (Å²) in [7, 11) is 0. The van der Waals surface area contributed by atoms with E-state index in [1.54, 1.807) is 36.4 Å². The van der Waals surface area contributed by atoms with E-state index in [4.69, 9.17) is 0 Å². The summed E-state index contributed by atoms with van der Waals surface area (Å²) < 4.78 is 15.1. The lowest BCUT2D eigenvalue weighted by Crippen LogP contribution is -2.39. The number of halogens is 1. The Morgan fingerprint density at radius 3 is 2.35 bits per heavy atom. The molecule has 10 heteroatoms. The van der Waals surface area contributed by atoms with Crippen molar-refractivity contribution in [2.45, 2.75) is 13.8 Å². The van der Waals surface area contributed by atoms with Crippen LogP contribution < -0.4 is 5.32 Å². The highest BCUT2D eigenvalue weighted by atomic mass is 19.1. The molecule has 0 aliphatic heterocycles. The maximum Gasteiger partial charge on any atom is 0.269 e. The molecular formula is C30H28FN5O4. The Hall–Kier alpha value is -5.12. The molecular weight excluding hydrogens is 513 g/mol. The molecule has 4 rings (SSSR count). The Morgan fingerprint density at radius 2 is 1.73 bits per heavy atom. The number of aromatic nitrogens is 2. The largest absolute Gasteiger partial charge is 0.330 e. The molecule has 2 amide bonds. The van der Waals surface area contributed by atoms with E-state index in [9.17, 15) is 24.1 Å². The van der Waals surface area contributed by atoms with E-state index in [0.717, 1.165) is 5.56 Å². The minimum absolute atomic E-state index is 0.0446. The van der Waals surface area contributed by atoms with Crippen molar-refractivity contribution in [2.75, 3.05) is 18.4 Å². The van der Waals surface area contributed by atoms with Gasteiger partial charge in [0, 0.05) is 36.4 Å². The Kier molecular flexibility index (Phi) is 8.80. The zero-order valence-electron chi connectivity index (χ0n) is 22.0. The molecule has 0 radical (unpaired) electrons. The van der Waals surface area contributed by atoms with Crippen molar-refractivity contribution in [3.05, 3.63) is 113 Å². The summed E-state index contributed by atoms with van der Waals surface area (Å²) in [5, 5.41) is 18.3. The Labute approximate surface area is 230 Å². The van der Waals surface area contributed by atoms with Gasteiger partial charge in [-0.1, -0.05) is 44.2 Å². The number of amides is 2. The minimum atomic E-state index is -0.494. The van der Waals surface area contributed by atoms with Gasteiger partial charge in [-0.2, -0.15) is 5.10 Å². The predicted molar refractivity (Wildman–Crippen MR) is 151 cm³/mol. The van der Waals surface area contributed by atoms with Crippen molar-refractivity contribution in [2.24, 2.45) is 5.92 Å². The number of carbonyl (C=O) groups is 2. The van der Waals surface area contributed by atoms with Crippen LogP contribution in [0.2, 0.25) is 0 Å². The minimum Gasteiger partial charge on any atom is -0.330 e. The number of nitro groups is 1. The highest BCUT2D eigenvalue weighted by molar-refractivity contribution is 5.98. The van der Waals surface area contributed by atoms with E-state index >= 15 is 0 Å². The van der Waals surface area contributed by atoms with E-state index in [1.165, 1.54) is 39.9 Å². The number of benzene rings is 3. The second-order valence-electron chi connectivity index (χ2n) is 9.51.